The Morgan fingerprint density at radius 3 is 2.48 bits per heavy atom. The zero-order valence-electron chi connectivity index (χ0n) is 16.8. The minimum Gasteiger partial charge on any atom is -0.324 e. The summed E-state index contributed by atoms with van der Waals surface area (Å²) >= 11 is 0. The predicted molar refractivity (Wildman–Crippen MR) is 106 cm³/mol. The van der Waals surface area contributed by atoms with Gasteiger partial charge in [-0.2, -0.15) is 5.10 Å². The van der Waals surface area contributed by atoms with E-state index >= 15 is 0 Å². The van der Waals surface area contributed by atoms with E-state index < -0.39 is 10.0 Å². The van der Waals surface area contributed by atoms with Gasteiger partial charge in [0, 0.05) is 19.8 Å². The van der Waals surface area contributed by atoms with Gasteiger partial charge in [-0.1, -0.05) is 32.0 Å². The Morgan fingerprint density at radius 1 is 1.26 bits per heavy atom. The lowest BCUT2D eigenvalue weighted by atomic mass is 9.97. The molecule has 1 N–H and O–H groups in total. The zero-order chi connectivity index (χ0) is 20.4. The molecule has 1 heterocycles. The molecule has 0 saturated carbocycles. The number of hydrogen-bond acceptors (Lipinski definition) is 4. The first-order chi connectivity index (χ1) is 12.6. The Balaban J connectivity index is 2.26. The lowest BCUT2D eigenvalue weighted by Gasteiger charge is -2.16. The van der Waals surface area contributed by atoms with Crippen molar-refractivity contribution in [2.45, 2.75) is 51.5 Å². The molecule has 8 heteroatoms. The summed E-state index contributed by atoms with van der Waals surface area (Å²) in [6, 6.07) is 7.72. The number of amides is 1. The van der Waals surface area contributed by atoms with Gasteiger partial charge in [-0.3, -0.25) is 9.48 Å². The normalized spacial score (nSPS) is 13.0. The monoisotopic (exact) mass is 392 g/mol. The average Bonchev–Trinajstić information content (AvgIpc) is 2.88. The summed E-state index contributed by atoms with van der Waals surface area (Å²) in [5.74, 6) is 0.0807. The molecule has 0 spiro atoms. The Bertz CT molecular complexity index is 932. The van der Waals surface area contributed by atoms with Crippen molar-refractivity contribution in [3.8, 4) is 0 Å². The molecule has 7 nitrogen and oxygen atoms in total. The van der Waals surface area contributed by atoms with Crippen LogP contribution in [0.5, 0.6) is 0 Å². The second-order valence-electron chi connectivity index (χ2n) is 6.89. The molecular weight excluding hydrogens is 364 g/mol. The number of nitrogens with zero attached hydrogens (tertiary/aromatic N) is 3. The standard InChI is InChI=1S/C19H28N4O3S/c1-7-13(2)16-10-8-9-11-17(16)20-18(24)12-23-15(4)19(14(3)21-23)27(25,26)22(5)6/h8-11,13H,7,12H2,1-6H3,(H,20,24). The summed E-state index contributed by atoms with van der Waals surface area (Å²) in [4.78, 5) is 12.7. The number of carbonyl (C=O) groups is 1. The van der Waals surface area contributed by atoms with Crippen LogP contribution in [0.4, 0.5) is 5.69 Å². The topological polar surface area (TPSA) is 84.3 Å². The van der Waals surface area contributed by atoms with Crippen LogP contribution < -0.4 is 5.32 Å². The molecule has 0 aliphatic carbocycles. The molecule has 2 aromatic rings. The number of anilines is 1. The van der Waals surface area contributed by atoms with Crippen LogP contribution in [0.3, 0.4) is 0 Å². The molecule has 1 atom stereocenters. The van der Waals surface area contributed by atoms with Gasteiger partial charge >= 0.3 is 0 Å². The highest BCUT2D eigenvalue weighted by molar-refractivity contribution is 7.89. The lowest BCUT2D eigenvalue weighted by Crippen LogP contribution is -2.24. The first-order valence-corrected chi connectivity index (χ1v) is 10.4. The van der Waals surface area contributed by atoms with Crippen molar-refractivity contribution in [3.63, 3.8) is 0 Å². The molecule has 0 radical (unpaired) electrons. The summed E-state index contributed by atoms with van der Waals surface area (Å²) in [6.07, 6.45) is 0.968. The van der Waals surface area contributed by atoms with E-state index in [0.29, 0.717) is 17.3 Å². The van der Waals surface area contributed by atoms with Crippen LogP contribution >= 0.6 is 0 Å². The number of benzene rings is 1. The third kappa shape index (κ3) is 4.39. The molecule has 148 valence electrons. The molecule has 0 saturated heterocycles. The van der Waals surface area contributed by atoms with Gasteiger partial charge < -0.3 is 5.32 Å². The van der Waals surface area contributed by atoms with Crippen LogP contribution in [0.1, 0.15) is 43.1 Å². The highest BCUT2D eigenvalue weighted by Gasteiger charge is 2.27. The Hall–Kier alpha value is -2.19. The van der Waals surface area contributed by atoms with E-state index in [1.165, 1.54) is 18.8 Å². The van der Waals surface area contributed by atoms with Crippen LogP contribution in [0.25, 0.3) is 0 Å². The molecule has 1 unspecified atom stereocenters. The molecule has 0 bridgehead atoms. The number of rotatable bonds is 7. The zero-order valence-corrected chi connectivity index (χ0v) is 17.6. The van der Waals surface area contributed by atoms with Crippen molar-refractivity contribution in [1.82, 2.24) is 14.1 Å². The number of hydrogen-bond donors (Lipinski definition) is 1. The average molecular weight is 393 g/mol. The summed E-state index contributed by atoms with van der Waals surface area (Å²) in [5, 5.41) is 7.20. The van der Waals surface area contributed by atoms with Gasteiger partial charge in [-0.25, -0.2) is 12.7 Å². The lowest BCUT2D eigenvalue weighted by molar-refractivity contribution is -0.116. The number of sulfonamides is 1. The van der Waals surface area contributed by atoms with Crippen LogP contribution in [0, 0.1) is 13.8 Å². The third-order valence-corrected chi connectivity index (χ3v) is 6.79. The highest BCUT2D eigenvalue weighted by Crippen LogP contribution is 2.27. The number of para-hydroxylation sites is 1. The van der Waals surface area contributed by atoms with E-state index in [1.807, 2.05) is 24.3 Å². The third-order valence-electron chi connectivity index (χ3n) is 4.73. The summed E-state index contributed by atoms with van der Waals surface area (Å²) in [5.41, 5.74) is 2.69. The fraction of sp³-hybridized carbons (Fsp3) is 0.474. The van der Waals surface area contributed by atoms with Gasteiger partial charge in [-0.05, 0) is 37.8 Å². The number of aryl methyl sites for hydroxylation is 1. The maximum absolute atomic E-state index is 12.6. The maximum Gasteiger partial charge on any atom is 0.246 e. The van der Waals surface area contributed by atoms with Crippen LogP contribution in [0.15, 0.2) is 29.2 Å². The van der Waals surface area contributed by atoms with E-state index in [4.69, 9.17) is 0 Å². The highest BCUT2D eigenvalue weighted by atomic mass is 32.2. The smallest absolute Gasteiger partial charge is 0.246 e. The van der Waals surface area contributed by atoms with Crippen molar-refractivity contribution in [1.29, 1.82) is 0 Å². The molecule has 0 aliphatic heterocycles. The van der Waals surface area contributed by atoms with Gasteiger partial charge in [0.15, 0.2) is 0 Å². The molecular formula is C19H28N4O3S. The summed E-state index contributed by atoms with van der Waals surface area (Å²) in [7, 11) is -0.663. The summed E-state index contributed by atoms with van der Waals surface area (Å²) < 4.78 is 27.6. The molecule has 1 aromatic carbocycles. The first kappa shape index (κ1) is 21.1. The van der Waals surface area contributed by atoms with Gasteiger partial charge in [0.25, 0.3) is 0 Å². The van der Waals surface area contributed by atoms with Gasteiger partial charge in [0.2, 0.25) is 15.9 Å². The van der Waals surface area contributed by atoms with E-state index in [2.05, 4.69) is 24.3 Å². The van der Waals surface area contributed by atoms with E-state index in [0.717, 1.165) is 22.0 Å². The molecule has 0 aliphatic rings. The fourth-order valence-corrected chi connectivity index (χ4v) is 4.23. The van der Waals surface area contributed by atoms with E-state index in [9.17, 15) is 13.2 Å². The molecule has 27 heavy (non-hydrogen) atoms. The largest absolute Gasteiger partial charge is 0.324 e. The van der Waals surface area contributed by atoms with Crippen molar-refractivity contribution < 1.29 is 13.2 Å². The van der Waals surface area contributed by atoms with Crippen molar-refractivity contribution >= 4 is 21.6 Å². The Kier molecular flexibility index (Phi) is 6.43. The predicted octanol–water partition coefficient (Wildman–Crippen LogP) is 2.90. The van der Waals surface area contributed by atoms with Crippen LogP contribution in [-0.4, -0.2) is 42.5 Å². The Labute approximate surface area is 161 Å². The maximum atomic E-state index is 12.6. The number of nitrogens with one attached hydrogen (secondary N) is 1. The second kappa shape index (κ2) is 8.22. The van der Waals surface area contributed by atoms with Gasteiger partial charge in [-0.15, -0.1) is 0 Å². The second-order valence-corrected chi connectivity index (χ2v) is 8.98. The molecule has 1 aromatic heterocycles. The fourth-order valence-electron chi connectivity index (χ4n) is 2.98. The van der Waals surface area contributed by atoms with Crippen molar-refractivity contribution in [2.75, 3.05) is 19.4 Å². The van der Waals surface area contributed by atoms with E-state index in [-0.39, 0.29) is 17.3 Å². The Morgan fingerprint density at radius 2 is 1.89 bits per heavy atom. The number of carbonyl (C=O) groups excluding carboxylic acids is 1. The molecule has 1 amide bonds. The quantitative estimate of drug-likeness (QED) is 0.785. The molecule has 0 fully saturated rings. The van der Waals surface area contributed by atoms with Crippen LogP contribution in [0.2, 0.25) is 0 Å². The van der Waals surface area contributed by atoms with Crippen LogP contribution in [-0.2, 0) is 21.4 Å². The van der Waals surface area contributed by atoms with Gasteiger partial charge in [0.05, 0.1) is 11.4 Å². The van der Waals surface area contributed by atoms with Crippen molar-refractivity contribution in [3.05, 3.63) is 41.2 Å². The molecule has 2 rings (SSSR count). The SMILES string of the molecule is CCC(C)c1ccccc1NC(=O)Cn1nc(C)c(S(=O)(=O)N(C)C)c1C. The minimum atomic E-state index is -3.62. The van der Waals surface area contributed by atoms with Crippen molar-refractivity contribution in [2.24, 2.45) is 0 Å². The van der Waals surface area contributed by atoms with E-state index in [1.54, 1.807) is 13.8 Å². The number of aromatic nitrogens is 2. The van der Waals surface area contributed by atoms with Gasteiger partial charge in [0.1, 0.15) is 11.4 Å². The minimum absolute atomic E-state index is 0.0511. The first-order valence-electron chi connectivity index (χ1n) is 8.94. The summed E-state index contributed by atoms with van der Waals surface area (Å²) in [6.45, 7) is 7.47.